The highest BCUT2D eigenvalue weighted by Crippen LogP contribution is 2.27. The van der Waals surface area contributed by atoms with Gasteiger partial charge in [-0.1, -0.05) is 13.0 Å². The van der Waals surface area contributed by atoms with Crippen molar-refractivity contribution >= 4 is 5.97 Å². The van der Waals surface area contributed by atoms with Crippen molar-refractivity contribution in [3.63, 3.8) is 0 Å². The number of esters is 1. The zero-order chi connectivity index (χ0) is 15.0. The molecule has 0 heterocycles. The van der Waals surface area contributed by atoms with E-state index in [2.05, 4.69) is 10.1 Å². The van der Waals surface area contributed by atoms with E-state index in [1.165, 1.54) is 7.11 Å². The summed E-state index contributed by atoms with van der Waals surface area (Å²) in [6.07, 6.45) is 0.855. The number of ether oxygens (including phenoxy) is 3. The Morgan fingerprint density at radius 1 is 1.20 bits per heavy atom. The Bertz CT molecular complexity index is 434. The van der Waals surface area contributed by atoms with Crippen molar-refractivity contribution in [1.29, 1.82) is 0 Å². The van der Waals surface area contributed by atoms with Gasteiger partial charge in [0.15, 0.2) is 11.5 Å². The van der Waals surface area contributed by atoms with Crippen LogP contribution in [0.1, 0.15) is 12.5 Å². The molecule has 1 aromatic rings. The minimum atomic E-state index is -0.191. The second kappa shape index (κ2) is 8.43. The molecule has 1 unspecified atom stereocenters. The highest BCUT2D eigenvalue weighted by atomic mass is 16.5. The van der Waals surface area contributed by atoms with Gasteiger partial charge in [-0.3, -0.25) is 4.79 Å². The highest BCUT2D eigenvalue weighted by molar-refractivity contribution is 5.72. The van der Waals surface area contributed by atoms with Gasteiger partial charge in [0, 0.05) is 6.54 Å². The summed E-state index contributed by atoms with van der Waals surface area (Å²) >= 11 is 0. The lowest BCUT2D eigenvalue weighted by molar-refractivity contribution is -0.144. The van der Waals surface area contributed by atoms with Gasteiger partial charge in [0.2, 0.25) is 0 Å². The second-order valence-electron chi connectivity index (χ2n) is 4.57. The Hall–Kier alpha value is -1.75. The molecule has 0 bridgehead atoms. The average Bonchev–Trinajstić information content (AvgIpc) is 2.50. The molecule has 1 N–H and O–H groups in total. The topological polar surface area (TPSA) is 56.8 Å². The second-order valence-corrected chi connectivity index (χ2v) is 4.57. The minimum Gasteiger partial charge on any atom is -0.493 e. The fourth-order valence-electron chi connectivity index (χ4n) is 1.87. The number of methoxy groups -OCH3 is 3. The van der Waals surface area contributed by atoms with Gasteiger partial charge in [-0.25, -0.2) is 0 Å². The summed E-state index contributed by atoms with van der Waals surface area (Å²) < 4.78 is 15.1. The molecule has 5 nitrogen and oxygen atoms in total. The van der Waals surface area contributed by atoms with Crippen LogP contribution in [-0.4, -0.2) is 40.4 Å². The molecule has 0 amide bonds. The van der Waals surface area contributed by atoms with Crippen LogP contribution in [0.2, 0.25) is 0 Å². The van der Waals surface area contributed by atoms with E-state index >= 15 is 0 Å². The van der Waals surface area contributed by atoms with E-state index in [9.17, 15) is 4.79 Å². The van der Waals surface area contributed by atoms with E-state index < -0.39 is 0 Å². The summed E-state index contributed by atoms with van der Waals surface area (Å²) in [6.45, 7) is 3.24. The lowest BCUT2D eigenvalue weighted by Crippen LogP contribution is -2.28. The maximum atomic E-state index is 11.2. The van der Waals surface area contributed by atoms with Crippen molar-refractivity contribution in [2.24, 2.45) is 5.92 Å². The summed E-state index contributed by atoms with van der Waals surface area (Å²) in [4.78, 5) is 11.2. The van der Waals surface area contributed by atoms with Crippen molar-refractivity contribution < 1.29 is 19.0 Å². The molecule has 0 spiro atoms. The number of nitrogens with one attached hydrogen (secondary N) is 1. The number of hydrogen-bond acceptors (Lipinski definition) is 5. The smallest absolute Gasteiger partial charge is 0.309 e. The van der Waals surface area contributed by atoms with E-state index in [1.807, 2.05) is 25.1 Å². The Morgan fingerprint density at radius 3 is 2.50 bits per heavy atom. The fourth-order valence-corrected chi connectivity index (χ4v) is 1.87. The average molecular weight is 281 g/mol. The van der Waals surface area contributed by atoms with Gasteiger partial charge in [-0.15, -0.1) is 0 Å². The van der Waals surface area contributed by atoms with Crippen LogP contribution >= 0.6 is 0 Å². The first kappa shape index (κ1) is 16.3. The monoisotopic (exact) mass is 281 g/mol. The summed E-state index contributed by atoms with van der Waals surface area (Å²) in [6, 6.07) is 5.86. The molecule has 0 aliphatic carbocycles. The standard InChI is InChI=1S/C15H23NO4/c1-11(15(17)20-4)10-16-8-7-12-5-6-13(18-2)14(9-12)19-3/h5-6,9,11,16H,7-8,10H2,1-4H3. The highest BCUT2D eigenvalue weighted by Gasteiger charge is 2.11. The van der Waals surface area contributed by atoms with Gasteiger partial charge < -0.3 is 19.5 Å². The third kappa shape index (κ3) is 4.74. The predicted molar refractivity (Wildman–Crippen MR) is 77.3 cm³/mol. The number of carbonyl (C=O) groups is 1. The van der Waals surface area contributed by atoms with E-state index in [-0.39, 0.29) is 11.9 Å². The molecule has 20 heavy (non-hydrogen) atoms. The van der Waals surface area contributed by atoms with Gasteiger partial charge in [0.1, 0.15) is 0 Å². The van der Waals surface area contributed by atoms with Crippen molar-refractivity contribution in [3.05, 3.63) is 23.8 Å². The van der Waals surface area contributed by atoms with Crippen LogP contribution in [0.25, 0.3) is 0 Å². The largest absolute Gasteiger partial charge is 0.493 e. The van der Waals surface area contributed by atoms with Crippen LogP contribution in [0, 0.1) is 5.92 Å². The summed E-state index contributed by atoms with van der Waals surface area (Å²) in [5.74, 6) is 1.13. The summed E-state index contributed by atoms with van der Waals surface area (Å²) in [5, 5.41) is 3.24. The fraction of sp³-hybridized carbons (Fsp3) is 0.533. The molecule has 112 valence electrons. The van der Waals surface area contributed by atoms with Gasteiger partial charge in [-0.05, 0) is 30.7 Å². The molecule has 0 fully saturated rings. The maximum Gasteiger partial charge on any atom is 0.309 e. The molecule has 1 atom stereocenters. The summed E-state index contributed by atoms with van der Waals surface area (Å²) in [7, 11) is 4.65. The van der Waals surface area contributed by atoms with E-state index in [0.29, 0.717) is 6.54 Å². The molecule has 5 heteroatoms. The van der Waals surface area contributed by atoms with Gasteiger partial charge in [0.05, 0.1) is 27.2 Å². The van der Waals surface area contributed by atoms with Crippen molar-refractivity contribution in [3.8, 4) is 11.5 Å². The zero-order valence-electron chi connectivity index (χ0n) is 12.6. The van der Waals surface area contributed by atoms with Crippen LogP contribution in [0.5, 0.6) is 11.5 Å². The van der Waals surface area contributed by atoms with E-state index in [4.69, 9.17) is 9.47 Å². The predicted octanol–water partition coefficient (Wildman–Crippen LogP) is 1.64. The molecular weight excluding hydrogens is 258 g/mol. The number of hydrogen-bond donors (Lipinski definition) is 1. The molecule has 1 aromatic carbocycles. The summed E-state index contributed by atoms with van der Waals surface area (Å²) in [5.41, 5.74) is 1.15. The lowest BCUT2D eigenvalue weighted by Gasteiger charge is -2.12. The zero-order valence-corrected chi connectivity index (χ0v) is 12.6. The lowest BCUT2D eigenvalue weighted by atomic mass is 10.1. The first-order valence-electron chi connectivity index (χ1n) is 6.61. The Labute approximate surface area is 120 Å². The molecule has 0 aromatic heterocycles. The Morgan fingerprint density at radius 2 is 1.90 bits per heavy atom. The maximum absolute atomic E-state index is 11.2. The van der Waals surface area contributed by atoms with Gasteiger partial charge in [-0.2, -0.15) is 0 Å². The number of rotatable bonds is 8. The van der Waals surface area contributed by atoms with Crippen molar-refractivity contribution in [2.45, 2.75) is 13.3 Å². The van der Waals surface area contributed by atoms with E-state index in [1.54, 1.807) is 14.2 Å². The third-order valence-corrected chi connectivity index (χ3v) is 3.09. The molecule has 0 saturated carbocycles. The van der Waals surface area contributed by atoms with Crippen LogP contribution in [0.4, 0.5) is 0 Å². The number of benzene rings is 1. The Kier molecular flexibility index (Phi) is 6.87. The Balaban J connectivity index is 2.41. The number of carbonyl (C=O) groups excluding carboxylic acids is 1. The molecule has 0 radical (unpaired) electrons. The molecule has 0 aliphatic rings. The molecular formula is C15H23NO4. The van der Waals surface area contributed by atoms with Crippen LogP contribution in [0.15, 0.2) is 18.2 Å². The van der Waals surface area contributed by atoms with Gasteiger partial charge in [0.25, 0.3) is 0 Å². The molecule has 0 aliphatic heterocycles. The van der Waals surface area contributed by atoms with Crippen molar-refractivity contribution in [2.75, 3.05) is 34.4 Å². The quantitative estimate of drug-likeness (QED) is 0.580. The molecule has 1 rings (SSSR count). The molecule has 0 saturated heterocycles. The minimum absolute atomic E-state index is 0.134. The first-order chi connectivity index (χ1) is 9.62. The van der Waals surface area contributed by atoms with Crippen LogP contribution in [-0.2, 0) is 16.0 Å². The van der Waals surface area contributed by atoms with Crippen molar-refractivity contribution in [1.82, 2.24) is 5.32 Å². The SMILES string of the molecule is COC(=O)C(C)CNCCc1ccc(OC)c(OC)c1. The van der Waals surface area contributed by atoms with Crippen LogP contribution < -0.4 is 14.8 Å². The normalized spacial score (nSPS) is 11.8. The van der Waals surface area contributed by atoms with Crippen LogP contribution in [0.3, 0.4) is 0 Å². The first-order valence-corrected chi connectivity index (χ1v) is 6.61. The van der Waals surface area contributed by atoms with Gasteiger partial charge >= 0.3 is 5.97 Å². The third-order valence-electron chi connectivity index (χ3n) is 3.09. The van der Waals surface area contributed by atoms with E-state index in [0.717, 1.165) is 30.0 Å².